The Balaban J connectivity index is 1.53. The van der Waals surface area contributed by atoms with Crippen LogP contribution in [0.25, 0.3) is 0 Å². The molecule has 6 nitrogen and oxygen atoms in total. The fourth-order valence-corrected chi connectivity index (χ4v) is 8.37. The van der Waals surface area contributed by atoms with Crippen LogP contribution in [0.4, 0.5) is 0 Å². The lowest BCUT2D eigenvalue weighted by molar-refractivity contribution is 0.345. The Labute approximate surface area is 257 Å². The third kappa shape index (κ3) is 6.04. The van der Waals surface area contributed by atoms with E-state index in [9.17, 15) is 16.8 Å². The lowest BCUT2D eigenvalue weighted by Gasteiger charge is -2.39. The summed E-state index contributed by atoms with van der Waals surface area (Å²) < 4.78 is 62.7. The zero-order chi connectivity index (χ0) is 30.1. The lowest BCUT2D eigenvalue weighted by atomic mass is 9.65. The van der Waals surface area contributed by atoms with Gasteiger partial charge in [-0.05, 0) is 85.3 Å². The summed E-state index contributed by atoms with van der Waals surface area (Å²) in [4.78, 5) is 0.0741. The first-order chi connectivity index (χ1) is 19.9. The number of benzene rings is 4. The first kappa shape index (κ1) is 30.4. The minimum Gasteiger partial charge on any atom is -0.377 e. The Kier molecular flexibility index (Phi) is 8.63. The van der Waals surface area contributed by atoms with Crippen LogP contribution in [0.5, 0.6) is 11.5 Å². The van der Waals surface area contributed by atoms with Crippen LogP contribution in [0, 0.1) is 13.8 Å². The van der Waals surface area contributed by atoms with E-state index >= 15 is 0 Å². The van der Waals surface area contributed by atoms with E-state index in [2.05, 4.69) is 0 Å². The van der Waals surface area contributed by atoms with E-state index in [0.717, 1.165) is 43.2 Å². The standard InChI is InChI=1S/C32H30Cl2O6S2/c1-22-18-24(20-28(33)30(22)39-41(35,36)26-12-6-3-7-13-26)32(16-10-5-11-17-32)25-19-23(2)31(29(34)21-25)40-42(37,38)27-14-8-4-9-15-27/h3-4,6-9,12-15,18-21H,5,10-11,16-17H2,1-2H3. The molecule has 0 aromatic heterocycles. The van der Waals surface area contributed by atoms with Gasteiger partial charge in [0.25, 0.3) is 0 Å². The third-order valence-corrected chi connectivity index (χ3v) is 10.8. The fraction of sp³-hybridized carbons (Fsp3) is 0.250. The van der Waals surface area contributed by atoms with Gasteiger partial charge in [0.1, 0.15) is 9.79 Å². The Hall–Kier alpha value is -3.04. The molecule has 10 heteroatoms. The maximum atomic E-state index is 12.9. The SMILES string of the molecule is Cc1cc(C2(c3cc(C)c(OS(=O)(=O)c4ccccc4)c(Cl)c3)CCCCC2)cc(Cl)c1OS(=O)(=O)c1ccccc1. The average molecular weight is 646 g/mol. The van der Waals surface area contributed by atoms with E-state index in [1.807, 2.05) is 12.1 Å². The van der Waals surface area contributed by atoms with E-state index in [4.69, 9.17) is 31.6 Å². The molecule has 220 valence electrons. The molecule has 0 heterocycles. The van der Waals surface area contributed by atoms with E-state index in [1.54, 1.807) is 62.4 Å². The Morgan fingerprint density at radius 2 is 0.976 bits per heavy atom. The van der Waals surface area contributed by atoms with Crippen molar-refractivity contribution in [1.82, 2.24) is 0 Å². The number of rotatable bonds is 8. The van der Waals surface area contributed by atoms with Crippen LogP contribution in [0.15, 0.2) is 94.7 Å². The van der Waals surface area contributed by atoms with Crippen LogP contribution in [0.3, 0.4) is 0 Å². The van der Waals surface area contributed by atoms with Crippen LogP contribution in [-0.2, 0) is 25.7 Å². The van der Waals surface area contributed by atoms with Crippen molar-refractivity contribution in [3.8, 4) is 11.5 Å². The highest BCUT2D eigenvalue weighted by molar-refractivity contribution is 7.87. The van der Waals surface area contributed by atoms with Gasteiger partial charge in [0.2, 0.25) is 0 Å². The van der Waals surface area contributed by atoms with Gasteiger partial charge in [-0.2, -0.15) is 16.8 Å². The summed E-state index contributed by atoms with van der Waals surface area (Å²) in [5.74, 6) is 0.165. The van der Waals surface area contributed by atoms with Crippen molar-refractivity contribution in [2.45, 2.75) is 61.2 Å². The topological polar surface area (TPSA) is 86.7 Å². The molecular weight excluding hydrogens is 615 g/mol. The average Bonchev–Trinajstić information content (AvgIpc) is 2.98. The van der Waals surface area contributed by atoms with Crippen molar-refractivity contribution in [3.05, 3.63) is 117 Å². The summed E-state index contributed by atoms with van der Waals surface area (Å²) in [6.07, 6.45) is 4.63. The Bertz CT molecular complexity index is 1640. The number of halogens is 2. The highest BCUT2D eigenvalue weighted by Crippen LogP contribution is 2.49. The molecule has 4 aromatic rings. The summed E-state index contributed by atoms with van der Waals surface area (Å²) in [7, 11) is -8.16. The highest BCUT2D eigenvalue weighted by atomic mass is 35.5. The highest BCUT2D eigenvalue weighted by Gasteiger charge is 2.38. The molecule has 0 N–H and O–H groups in total. The van der Waals surface area contributed by atoms with E-state index < -0.39 is 25.7 Å². The molecule has 0 aliphatic heterocycles. The van der Waals surface area contributed by atoms with Crippen molar-refractivity contribution in [3.63, 3.8) is 0 Å². The number of aryl methyl sites for hydroxylation is 2. The van der Waals surface area contributed by atoms with Gasteiger partial charge in [0, 0.05) is 5.41 Å². The quantitative estimate of drug-likeness (QED) is 0.179. The molecule has 1 aliphatic carbocycles. The van der Waals surface area contributed by atoms with Crippen molar-refractivity contribution in [2.24, 2.45) is 0 Å². The van der Waals surface area contributed by atoms with Crippen molar-refractivity contribution in [1.29, 1.82) is 0 Å². The van der Waals surface area contributed by atoms with Gasteiger partial charge in [0.15, 0.2) is 11.5 Å². The fourth-order valence-electron chi connectivity index (χ4n) is 5.61. The minimum absolute atomic E-state index is 0.0370. The predicted molar refractivity (Wildman–Crippen MR) is 165 cm³/mol. The maximum absolute atomic E-state index is 12.9. The molecule has 0 amide bonds. The van der Waals surface area contributed by atoms with Gasteiger partial charge in [-0.15, -0.1) is 0 Å². The zero-order valence-corrected chi connectivity index (χ0v) is 26.3. The second kappa shape index (κ2) is 11.9. The predicted octanol–water partition coefficient (Wildman–Crippen LogP) is 8.40. The van der Waals surface area contributed by atoms with Crippen LogP contribution < -0.4 is 8.37 Å². The number of hydrogen-bond donors (Lipinski definition) is 0. The summed E-state index contributed by atoms with van der Waals surface area (Å²) in [5, 5.41) is 0.373. The van der Waals surface area contributed by atoms with Crippen LogP contribution >= 0.6 is 23.2 Å². The van der Waals surface area contributed by atoms with Gasteiger partial charge in [0.05, 0.1) is 10.0 Å². The van der Waals surface area contributed by atoms with E-state index in [0.29, 0.717) is 11.1 Å². The summed E-state index contributed by atoms with van der Waals surface area (Å²) >= 11 is 13.4. The summed E-state index contributed by atoms with van der Waals surface area (Å²) in [6, 6.07) is 23.2. The second-order valence-corrected chi connectivity index (χ2v) is 14.5. The molecule has 42 heavy (non-hydrogen) atoms. The first-order valence-electron chi connectivity index (χ1n) is 13.5. The molecule has 4 aromatic carbocycles. The van der Waals surface area contributed by atoms with Crippen LogP contribution in [-0.4, -0.2) is 16.8 Å². The molecule has 0 unspecified atom stereocenters. The largest absolute Gasteiger partial charge is 0.377 e. The monoisotopic (exact) mass is 644 g/mol. The van der Waals surface area contributed by atoms with Gasteiger partial charge in [-0.3, -0.25) is 0 Å². The van der Waals surface area contributed by atoms with Gasteiger partial charge >= 0.3 is 20.2 Å². The number of hydrogen-bond acceptors (Lipinski definition) is 6. The van der Waals surface area contributed by atoms with Crippen LogP contribution in [0.2, 0.25) is 10.0 Å². The first-order valence-corrected chi connectivity index (χ1v) is 17.1. The van der Waals surface area contributed by atoms with Gasteiger partial charge in [-0.1, -0.05) is 91.0 Å². The van der Waals surface area contributed by atoms with E-state index in [-0.39, 0.29) is 31.3 Å². The molecule has 0 bridgehead atoms. The molecular formula is C32H30Cl2O6S2. The third-order valence-electron chi connectivity index (χ3n) is 7.72. The van der Waals surface area contributed by atoms with Crippen molar-refractivity contribution >= 4 is 43.4 Å². The minimum atomic E-state index is -4.08. The molecule has 5 rings (SSSR count). The molecule has 0 spiro atoms. The zero-order valence-electron chi connectivity index (χ0n) is 23.1. The van der Waals surface area contributed by atoms with Gasteiger partial charge in [-0.25, -0.2) is 0 Å². The van der Waals surface area contributed by atoms with Crippen molar-refractivity contribution in [2.75, 3.05) is 0 Å². The lowest BCUT2D eigenvalue weighted by Crippen LogP contribution is -2.31. The molecule has 1 saturated carbocycles. The smallest absolute Gasteiger partial charge is 0.339 e. The maximum Gasteiger partial charge on any atom is 0.339 e. The van der Waals surface area contributed by atoms with Gasteiger partial charge < -0.3 is 8.37 Å². The molecule has 0 radical (unpaired) electrons. The molecule has 0 saturated heterocycles. The molecule has 0 atom stereocenters. The Morgan fingerprint density at radius 3 is 1.33 bits per heavy atom. The second-order valence-electron chi connectivity index (χ2n) is 10.6. The molecule has 1 aliphatic rings. The summed E-state index contributed by atoms with van der Waals surface area (Å²) in [6.45, 7) is 3.54. The van der Waals surface area contributed by atoms with Crippen LogP contribution in [0.1, 0.15) is 54.4 Å². The summed E-state index contributed by atoms with van der Waals surface area (Å²) in [5.41, 5.74) is 2.51. The van der Waals surface area contributed by atoms with Crippen molar-refractivity contribution < 1.29 is 25.2 Å². The van der Waals surface area contributed by atoms with E-state index in [1.165, 1.54) is 24.3 Å². The normalized spacial score (nSPS) is 15.2. The molecule has 1 fully saturated rings. The Morgan fingerprint density at radius 1 is 0.595 bits per heavy atom.